The van der Waals surface area contributed by atoms with Crippen molar-refractivity contribution in [3.63, 3.8) is 0 Å². The summed E-state index contributed by atoms with van der Waals surface area (Å²) in [5.41, 5.74) is 2.71. The van der Waals surface area contributed by atoms with Crippen molar-refractivity contribution < 1.29 is 14.3 Å². The Balaban J connectivity index is 1.61. The SMILES string of the molecule is COc1ccc(OC)c2[nH]c(=O)c(CNc3cccc(N4CCCC4=O)c3)cc12. The molecule has 0 aliphatic carbocycles. The number of benzene rings is 2. The molecule has 29 heavy (non-hydrogen) atoms. The van der Waals surface area contributed by atoms with Crippen molar-refractivity contribution in [2.45, 2.75) is 19.4 Å². The van der Waals surface area contributed by atoms with Gasteiger partial charge in [0.15, 0.2) is 0 Å². The Morgan fingerprint density at radius 3 is 2.59 bits per heavy atom. The second-order valence-corrected chi connectivity index (χ2v) is 6.94. The second kappa shape index (κ2) is 7.87. The minimum absolute atomic E-state index is 0.147. The highest BCUT2D eigenvalue weighted by Crippen LogP contribution is 2.31. The number of nitrogens with zero attached hydrogens (tertiary/aromatic N) is 1. The zero-order valence-corrected chi connectivity index (χ0v) is 16.5. The summed E-state index contributed by atoms with van der Waals surface area (Å²) in [6.45, 7) is 1.08. The normalized spacial score (nSPS) is 13.7. The molecular weight excluding hydrogens is 370 g/mol. The first-order valence-corrected chi connectivity index (χ1v) is 9.52. The molecule has 1 aliphatic rings. The Bertz CT molecular complexity index is 1120. The van der Waals surface area contributed by atoms with Gasteiger partial charge in [0.05, 0.1) is 19.7 Å². The summed E-state index contributed by atoms with van der Waals surface area (Å²) in [4.78, 5) is 29.3. The molecule has 3 aromatic rings. The number of carbonyl (C=O) groups is 1. The number of nitrogens with one attached hydrogen (secondary N) is 2. The van der Waals surface area contributed by atoms with E-state index in [1.54, 1.807) is 25.2 Å². The molecule has 0 atom stereocenters. The van der Waals surface area contributed by atoms with E-state index in [4.69, 9.17) is 9.47 Å². The molecule has 1 amide bonds. The van der Waals surface area contributed by atoms with Gasteiger partial charge in [0.1, 0.15) is 11.5 Å². The van der Waals surface area contributed by atoms with Gasteiger partial charge in [-0.05, 0) is 42.8 Å². The van der Waals surface area contributed by atoms with E-state index in [0.717, 1.165) is 29.7 Å². The van der Waals surface area contributed by atoms with Gasteiger partial charge in [-0.3, -0.25) is 9.59 Å². The van der Waals surface area contributed by atoms with Crippen LogP contribution in [0.5, 0.6) is 11.5 Å². The van der Waals surface area contributed by atoms with Gasteiger partial charge in [-0.25, -0.2) is 0 Å². The maximum absolute atomic E-state index is 12.6. The first-order valence-electron chi connectivity index (χ1n) is 9.52. The molecule has 7 heteroatoms. The topological polar surface area (TPSA) is 83.7 Å². The summed E-state index contributed by atoms with van der Waals surface area (Å²) in [7, 11) is 3.16. The largest absolute Gasteiger partial charge is 0.496 e. The summed E-state index contributed by atoms with van der Waals surface area (Å²) in [5.74, 6) is 1.39. The zero-order valence-electron chi connectivity index (χ0n) is 16.5. The van der Waals surface area contributed by atoms with Gasteiger partial charge in [0.2, 0.25) is 5.91 Å². The molecule has 0 unspecified atom stereocenters. The molecular formula is C22H23N3O4. The van der Waals surface area contributed by atoms with Crippen LogP contribution in [0.1, 0.15) is 18.4 Å². The summed E-state index contributed by atoms with van der Waals surface area (Å²) in [6, 6.07) is 13.1. The van der Waals surface area contributed by atoms with E-state index in [1.165, 1.54) is 0 Å². The fraction of sp³-hybridized carbons (Fsp3) is 0.273. The monoisotopic (exact) mass is 393 g/mol. The molecule has 0 radical (unpaired) electrons. The maximum Gasteiger partial charge on any atom is 0.253 e. The molecule has 1 saturated heterocycles. The van der Waals surface area contributed by atoms with E-state index in [9.17, 15) is 9.59 Å². The lowest BCUT2D eigenvalue weighted by atomic mass is 10.1. The lowest BCUT2D eigenvalue weighted by molar-refractivity contribution is -0.117. The van der Waals surface area contributed by atoms with Crippen LogP contribution in [0.3, 0.4) is 0 Å². The van der Waals surface area contributed by atoms with Gasteiger partial charge in [0.25, 0.3) is 5.56 Å². The summed E-state index contributed by atoms with van der Waals surface area (Å²) in [5, 5.41) is 4.06. The van der Waals surface area contributed by atoms with E-state index < -0.39 is 0 Å². The number of pyridine rings is 1. The van der Waals surface area contributed by atoms with Gasteiger partial charge in [-0.1, -0.05) is 6.07 Å². The molecule has 2 heterocycles. The van der Waals surface area contributed by atoms with Crippen molar-refractivity contribution in [1.82, 2.24) is 4.98 Å². The quantitative estimate of drug-likeness (QED) is 0.671. The number of anilines is 2. The Hall–Kier alpha value is -3.48. The first kappa shape index (κ1) is 18.9. The van der Waals surface area contributed by atoms with E-state index in [1.807, 2.05) is 36.4 Å². The molecule has 0 saturated carbocycles. The molecule has 4 rings (SSSR count). The number of hydrogen-bond acceptors (Lipinski definition) is 5. The van der Waals surface area contributed by atoms with Crippen molar-refractivity contribution in [3.05, 3.63) is 58.4 Å². The minimum Gasteiger partial charge on any atom is -0.496 e. The van der Waals surface area contributed by atoms with Crippen LogP contribution in [-0.4, -0.2) is 31.7 Å². The van der Waals surface area contributed by atoms with Crippen LogP contribution in [0, 0.1) is 0 Å². The number of fused-ring (bicyclic) bond motifs is 1. The molecule has 7 nitrogen and oxygen atoms in total. The number of aromatic nitrogens is 1. The number of amides is 1. The third-order valence-electron chi connectivity index (χ3n) is 5.17. The molecule has 1 fully saturated rings. The number of hydrogen-bond donors (Lipinski definition) is 2. The smallest absolute Gasteiger partial charge is 0.253 e. The summed E-state index contributed by atoms with van der Waals surface area (Å²) >= 11 is 0. The Morgan fingerprint density at radius 2 is 1.86 bits per heavy atom. The average molecular weight is 393 g/mol. The van der Waals surface area contributed by atoms with E-state index >= 15 is 0 Å². The van der Waals surface area contributed by atoms with Gasteiger partial charge in [0, 0.05) is 41.8 Å². The number of carbonyl (C=O) groups excluding carboxylic acids is 1. The van der Waals surface area contributed by atoms with E-state index in [0.29, 0.717) is 35.5 Å². The van der Waals surface area contributed by atoms with Crippen LogP contribution >= 0.6 is 0 Å². The van der Waals surface area contributed by atoms with Crippen LogP contribution in [-0.2, 0) is 11.3 Å². The third kappa shape index (κ3) is 3.63. The number of aromatic amines is 1. The molecule has 1 aromatic heterocycles. The van der Waals surface area contributed by atoms with Gasteiger partial charge < -0.3 is 24.7 Å². The van der Waals surface area contributed by atoms with Crippen LogP contribution in [0.25, 0.3) is 10.9 Å². The molecule has 0 bridgehead atoms. The van der Waals surface area contributed by atoms with Crippen LogP contribution in [0.4, 0.5) is 11.4 Å². The fourth-order valence-electron chi connectivity index (χ4n) is 3.67. The fourth-order valence-corrected chi connectivity index (χ4v) is 3.67. The van der Waals surface area contributed by atoms with E-state index in [2.05, 4.69) is 10.3 Å². The van der Waals surface area contributed by atoms with E-state index in [-0.39, 0.29) is 11.5 Å². The Morgan fingerprint density at radius 1 is 1.07 bits per heavy atom. The molecule has 1 aliphatic heterocycles. The van der Waals surface area contributed by atoms with Gasteiger partial charge in [-0.2, -0.15) is 0 Å². The standard InChI is InChI=1S/C22H23N3O4/c1-28-18-8-9-19(29-2)21-17(18)11-14(22(27)24-21)13-23-15-5-3-6-16(12-15)25-10-4-7-20(25)26/h3,5-6,8-9,11-12,23H,4,7,10,13H2,1-2H3,(H,24,27). The lowest BCUT2D eigenvalue weighted by Gasteiger charge is -2.17. The van der Waals surface area contributed by atoms with Crippen molar-refractivity contribution in [2.75, 3.05) is 31.0 Å². The minimum atomic E-state index is -0.192. The lowest BCUT2D eigenvalue weighted by Crippen LogP contribution is -2.23. The first-order chi connectivity index (χ1) is 14.1. The number of H-pyrrole nitrogens is 1. The molecule has 0 spiro atoms. The molecule has 2 N–H and O–H groups in total. The Kier molecular flexibility index (Phi) is 5.12. The van der Waals surface area contributed by atoms with Gasteiger partial charge in [-0.15, -0.1) is 0 Å². The number of rotatable bonds is 6. The van der Waals surface area contributed by atoms with Gasteiger partial charge >= 0.3 is 0 Å². The van der Waals surface area contributed by atoms with Crippen molar-refractivity contribution in [3.8, 4) is 11.5 Å². The highest BCUT2D eigenvalue weighted by atomic mass is 16.5. The molecule has 2 aromatic carbocycles. The summed E-state index contributed by atoms with van der Waals surface area (Å²) < 4.78 is 10.8. The number of ether oxygens (including phenoxy) is 2. The van der Waals surface area contributed by atoms with Crippen molar-refractivity contribution >= 4 is 28.2 Å². The van der Waals surface area contributed by atoms with Crippen molar-refractivity contribution in [2.24, 2.45) is 0 Å². The van der Waals surface area contributed by atoms with Crippen LogP contribution < -0.4 is 25.2 Å². The zero-order chi connectivity index (χ0) is 20.4. The maximum atomic E-state index is 12.6. The third-order valence-corrected chi connectivity index (χ3v) is 5.17. The predicted molar refractivity (Wildman–Crippen MR) is 113 cm³/mol. The Labute approximate surface area is 168 Å². The summed E-state index contributed by atoms with van der Waals surface area (Å²) in [6.07, 6.45) is 1.48. The average Bonchev–Trinajstić information content (AvgIpc) is 3.17. The van der Waals surface area contributed by atoms with Crippen molar-refractivity contribution in [1.29, 1.82) is 0 Å². The van der Waals surface area contributed by atoms with Crippen LogP contribution in [0.2, 0.25) is 0 Å². The highest BCUT2D eigenvalue weighted by Gasteiger charge is 2.21. The number of methoxy groups -OCH3 is 2. The van der Waals surface area contributed by atoms with Crippen LogP contribution in [0.15, 0.2) is 47.3 Å². The highest BCUT2D eigenvalue weighted by molar-refractivity contribution is 5.95. The predicted octanol–water partition coefficient (Wildman–Crippen LogP) is 3.28. The molecule has 150 valence electrons. The second-order valence-electron chi connectivity index (χ2n) is 6.94.